The highest BCUT2D eigenvalue weighted by Gasteiger charge is 2.26. The number of nitrogens with one attached hydrogen (secondary N) is 1. The number of ether oxygens (including phenoxy) is 3. The average Bonchev–Trinajstić information content (AvgIpc) is 3.23. The Bertz CT molecular complexity index is 1200. The van der Waals surface area contributed by atoms with Crippen LogP contribution >= 0.6 is 7.82 Å². The molecular weight excluding hydrogens is 787 g/mol. The standard InChI is InChI=1S/C45H83N4O10P/c1-3-5-7-9-11-13-15-17-19-21-23-25-27-29-31-33-44(51)56-39-42(40-58-60(53,54)57-38-35-47-43(50)41-55-37-36-48-49-46)59-45(52)34-32-30-28-26-24-22-20-18-16-14-12-10-8-6-4-2/h17-20,42H,3-16,21-41H2,1-2H3,(H,47,50)(H,53,54)/b19-17-,20-18-/t42-/m1/s1. The fraction of sp³-hybridized carbons (Fsp3) is 0.844. The van der Waals surface area contributed by atoms with Gasteiger partial charge in [-0.25, -0.2) is 4.57 Å². The molecule has 0 aliphatic carbocycles. The number of phosphoric acid groups is 1. The Morgan fingerprint density at radius 2 is 1.12 bits per heavy atom. The summed E-state index contributed by atoms with van der Waals surface area (Å²) in [6.45, 7) is 3.05. The lowest BCUT2D eigenvalue weighted by Crippen LogP contribution is -2.31. The largest absolute Gasteiger partial charge is 0.472 e. The monoisotopic (exact) mass is 871 g/mol. The fourth-order valence-electron chi connectivity index (χ4n) is 6.23. The second-order valence-corrected chi connectivity index (χ2v) is 16.9. The molecule has 1 unspecified atom stereocenters. The summed E-state index contributed by atoms with van der Waals surface area (Å²) < 4.78 is 38.5. The van der Waals surface area contributed by atoms with Crippen LogP contribution in [-0.2, 0) is 42.2 Å². The topological polar surface area (TPSA) is 195 Å². The molecule has 0 aliphatic rings. The Labute approximate surface area is 362 Å². The lowest BCUT2D eigenvalue weighted by atomic mass is 10.1. The number of phosphoric ester groups is 1. The summed E-state index contributed by atoms with van der Waals surface area (Å²) in [6, 6.07) is 0. The van der Waals surface area contributed by atoms with Crippen molar-refractivity contribution in [2.45, 2.75) is 200 Å². The van der Waals surface area contributed by atoms with Gasteiger partial charge < -0.3 is 24.4 Å². The molecule has 0 heterocycles. The zero-order valence-electron chi connectivity index (χ0n) is 37.5. The van der Waals surface area contributed by atoms with Crippen LogP contribution in [0, 0.1) is 0 Å². The smallest absolute Gasteiger partial charge is 0.462 e. The van der Waals surface area contributed by atoms with E-state index in [4.69, 9.17) is 28.8 Å². The van der Waals surface area contributed by atoms with Crippen molar-refractivity contribution in [2.75, 3.05) is 46.1 Å². The molecule has 0 radical (unpaired) electrons. The molecule has 0 aromatic rings. The lowest BCUT2D eigenvalue weighted by molar-refractivity contribution is -0.161. The van der Waals surface area contributed by atoms with E-state index in [-0.39, 0.29) is 52.4 Å². The highest BCUT2D eigenvalue weighted by atomic mass is 31.2. The Kier molecular flexibility index (Phi) is 42.3. The van der Waals surface area contributed by atoms with Gasteiger partial charge in [0.05, 0.1) is 19.8 Å². The molecule has 0 saturated heterocycles. The van der Waals surface area contributed by atoms with Gasteiger partial charge in [-0.2, -0.15) is 0 Å². The zero-order chi connectivity index (χ0) is 44.0. The molecule has 0 aliphatic heterocycles. The summed E-state index contributed by atoms with van der Waals surface area (Å²) >= 11 is 0. The van der Waals surface area contributed by atoms with Gasteiger partial charge in [-0.1, -0.05) is 146 Å². The average molecular weight is 871 g/mol. The number of nitrogens with zero attached hydrogens (tertiary/aromatic N) is 3. The normalized spacial score (nSPS) is 13.0. The van der Waals surface area contributed by atoms with Crippen LogP contribution < -0.4 is 5.32 Å². The third kappa shape index (κ3) is 43.4. The van der Waals surface area contributed by atoms with E-state index in [2.05, 4.69) is 53.5 Å². The molecule has 2 N–H and O–H groups in total. The molecule has 0 aromatic carbocycles. The van der Waals surface area contributed by atoms with Gasteiger partial charge in [-0.3, -0.25) is 23.4 Å². The van der Waals surface area contributed by atoms with Crippen LogP contribution in [-0.4, -0.2) is 75.0 Å². The van der Waals surface area contributed by atoms with Gasteiger partial charge in [0.1, 0.15) is 13.2 Å². The van der Waals surface area contributed by atoms with Crippen LogP contribution in [0.5, 0.6) is 0 Å². The highest BCUT2D eigenvalue weighted by Crippen LogP contribution is 2.43. The molecule has 0 spiro atoms. The van der Waals surface area contributed by atoms with E-state index in [0.29, 0.717) is 12.8 Å². The van der Waals surface area contributed by atoms with E-state index >= 15 is 0 Å². The minimum Gasteiger partial charge on any atom is -0.462 e. The van der Waals surface area contributed by atoms with Gasteiger partial charge in [0, 0.05) is 30.8 Å². The maximum atomic E-state index is 12.7. The first kappa shape index (κ1) is 57.3. The van der Waals surface area contributed by atoms with E-state index in [1.54, 1.807) is 0 Å². The fourth-order valence-corrected chi connectivity index (χ4v) is 6.98. The predicted octanol–water partition coefficient (Wildman–Crippen LogP) is 12.1. The van der Waals surface area contributed by atoms with Gasteiger partial charge in [0.25, 0.3) is 0 Å². The lowest BCUT2D eigenvalue weighted by Gasteiger charge is -2.20. The van der Waals surface area contributed by atoms with Crippen molar-refractivity contribution < 1.29 is 47.1 Å². The Morgan fingerprint density at radius 1 is 0.650 bits per heavy atom. The van der Waals surface area contributed by atoms with Crippen LogP contribution in [0.2, 0.25) is 0 Å². The van der Waals surface area contributed by atoms with Crippen LogP contribution in [0.25, 0.3) is 10.4 Å². The number of rotatable bonds is 45. The van der Waals surface area contributed by atoms with Crippen LogP contribution in [0.3, 0.4) is 0 Å². The van der Waals surface area contributed by atoms with Crippen LogP contribution in [0.4, 0.5) is 0 Å². The maximum absolute atomic E-state index is 12.7. The SMILES string of the molecule is CCCCCCCC/C=C\CCCCCCCC(=O)OC[C@H](COP(=O)(O)OCCNC(=O)COCCN=[N+]=[N-])OC(=O)CCCCCCC/C=C\CCCCCCCC. The molecule has 2 atom stereocenters. The molecular formula is C45H83N4O10P. The molecule has 0 bridgehead atoms. The summed E-state index contributed by atoms with van der Waals surface area (Å²) in [5, 5.41) is 5.75. The third-order valence-electron chi connectivity index (χ3n) is 9.75. The van der Waals surface area contributed by atoms with E-state index in [1.807, 2.05) is 0 Å². The highest BCUT2D eigenvalue weighted by molar-refractivity contribution is 7.47. The van der Waals surface area contributed by atoms with E-state index in [1.165, 1.54) is 77.0 Å². The van der Waals surface area contributed by atoms with Crippen molar-refractivity contribution in [1.82, 2.24) is 5.32 Å². The number of unbranched alkanes of at least 4 members (excludes halogenated alkanes) is 22. The first-order valence-electron chi connectivity index (χ1n) is 23.4. The Morgan fingerprint density at radius 3 is 1.62 bits per heavy atom. The van der Waals surface area contributed by atoms with E-state index in [9.17, 15) is 23.8 Å². The minimum absolute atomic E-state index is 0.0733. The van der Waals surface area contributed by atoms with Crippen molar-refractivity contribution in [1.29, 1.82) is 0 Å². The summed E-state index contributed by atoms with van der Waals surface area (Å²) in [7, 11) is -4.60. The molecule has 60 heavy (non-hydrogen) atoms. The second kappa shape index (κ2) is 44.3. The van der Waals surface area contributed by atoms with Crippen molar-refractivity contribution >= 4 is 25.7 Å². The van der Waals surface area contributed by atoms with Gasteiger partial charge in [0.2, 0.25) is 5.91 Å². The third-order valence-corrected chi connectivity index (χ3v) is 10.7. The Hall–Kier alpha value is -2.73. The number of azide groups is 1. The summed E-state index contributed by atoms with van der Waals surface area (Å²) in [6.07, 6.45) is 38.2. The zero-order valence-corrected chi connectivity index (χ0v) is 38.4. The van der Waals surface area contributed by atoms with E-state index in [0.717, 1.165) is 77.0 Å². The van der Waals surface area contributed by atoms with Gasteiger partial charge >= 0.3 is 19.8 Å². The maximum Gasteiger partial charge on any atom is 0.472 e. The molecule has 348 valence electrons. The molecule has 0 rings (SSSR count). The van der Waals surface area contributed by atoms with Crippen molar-refractivity contribution in [3.8, 4) is 0 Å². The summed E-state index contributed by atoms with van der Waals surface area (Å²) in [5.74, 6) is -1.44. The number of amides is 1. The Balaban J connectivity index is 4.55. The van der Waals surface area contributed by atoms with Crippen molar-refractivity contribution in [3.63, 3.8) is 0 Å². The number of carbonyl (C=O) groups is 3. The van der Waals surface area contributed by atoms with Gasteiger partial charge in [-0.05, 0) is 69.7 Å². The molecule has 0 fully saturated rings. The number of hydrogen-bond donors (Lipinski definition) is 2. The van der Waals surface area contributed by atoms with Crippen LogP contribution in [0.1, 0.15) is 194 Å². The molecule has 1 amide bonds. The summed E-state index contributed by atoms with van der Waals surface area (Å²) in [4.78, 5) is 49.8. The number of allylic oxidation sites excluding steroid dienone is 4. The van der Waals surface area contributed by atoms with Crippen molar-refractivity contribution in [3.05, 3.63) is 34.7 Å². The molecule has 0 saturated carbocycles. The van der Waals surface area contributed by atoms with Gasteiger partial charge in [-0.15, -0.1) is 0 Å². The molecule has 0 aromatic heterocycles. The first-order chi connectivity index (χ1) is 29.2. The van der Waals surface area contributed by atoms with E-state index < -0.39 is 38.4 Å². The quantitative estimate of drug-likeness (QED) is 0.0113. The van der Waals surface area contributed by atoms with Crippen molar-refractivity contribution in [2.24, 2.45) is 5.11 Å². The summed E-state index contributed by atoms with van der Waals surface area (Å²) in [5.41, 5.74) is 8.25. The molecule has 15 heteroatoms. The predicted molar refractivity (Wildman–Crippen MR) is 239 cm³/mol. The van der Waals surface area contributed by atoms with Gasteiger partial charge in [0.15, 0.2) is 6.10 Å². The van der Waals surface area contributed by atoms with Crippen LogP contribution in [0.15, 0.2) is 29.4 Å². The second-order valence-electron chi connectivity index (χ2n) is 15.4. The first-order valence-corrected chi connectivity index (χ1v) is 24.9. The number of carbonyl (C=O) groups excluding carboxylic acids is 3. The molecule has 14 nitrogen and oxygen atoms in total. The number of hydrogen-bond acceptors (Lipinski definition) is 10. The minimum atomic E-state index is -4.60. The number of esters is 2.